The Hall–Kier alpha value is -1.82. The molecule has 18 heavy (non-hydrogen) atoms. The van der Waals surface area contributed by atoms with Gasteiger partial charge in [-0.1, -0.05) is 0 Å². The molecule has 0 atom stereocenters. The van der Waals surface area contributed by atoms with E-state index in [1.165, 1.54) is 13.2 Å². The van der Waals surface area contributed by atoms with Crippen molar-refractivity contribution in [3.8, 4) is 5.75 Å². The average Bonchev–Trinajstić information content (AvgIpc) is 2.38. The highest BCUT2D eigenvalue weighted by Crippen LogP contribution is 2.28. The molecule has 0 unspecified atom stereocenters. The molecule has 6 nitrogen and oxygen atoms in total. The highest BCUT2D eigenvalue weighted by atomic mass is 16.6. The van der Waals surface area contributed by atoms with Gasteiger partial charge in [-0.15, -0.1) is 0 Å². The van der Waals surface area contributed by atoms with Crippen LogP contribution in [0.5, 0.6) is 5.75 Å². The molecule has 0 saturated carbocycles. The van der Waals surface area contributed by atoms with Crippen LogP contribution in [0.1, 0.15) is 12.8 Å². The van der Waals surface area contributed by atoms with Gasteiger partial charge in [-0.2, -0.15) is 0 Å². The number of rotatable bonds is 8. The number of nitro groups is 1. The molecule has 0 fully saturated rings. The second-order valence-electron chi connectivity index (χ2n) is 3.77. The van der Waals surface area contributed by atoms with Gasteiger partial charge in [0.1, 0.15) is 11.4 Å². The van der Waals surface area contributed by atoms with Crippen molar-refractivity contribution in [1.82, 2.24) is 0 Å². The van der Waals surface area contributed by atoms with E-state index >= 15 is 0 Å². The molecule has 0 aliphatic heterocycles. The lowest BCUT2D eigenvalue weighted by molar-refractivity contribution is -0.384. The van der Waals surface area contributed by atoms with Crippen LogP contribution in [0.25, 0.3) is 0 Å². The van der Waals surface area contributed by atoms with E-state index in [0.29, 0.717) is 24.6 Å². The molecular weight excluding hydrogens is 236 g/mol. The minimum absolute atomic E-state index is 0.0579. The van der Waals surface area contributed by atoms with E-state index < -0.39 is 4.92 Å². The molecule has 0 spiro atoms. The topological polar surface area (TPSA) is 73.6 Å². The Labute approximate surface area is 106 Å². The predicted molar refractivity (Wildman–Crippen MR) is 69.2 cm³/mol. The monoisotopic (exact) mass is 254 g/mol. The summed E-state index contributed by atoms with van der Waals surface area (Å²) in [5, 5.41) is 13.9. The molecule has 0 aliphatic carbocycles. The minimum Gasteiger partial charge on any atom is -0.497 e. The molecule has 1 rings (SSSR count). The first-order chi connectivity index (χ1) is 8.69. The number of ether oxygens (including phenoxy) is 2. The third kappa shape index (κ3) is 4.21. The smallest absolute Gasteiger partial charge is 0.292 e. The first kappa shape index (κ1) is 14.2. The zero-order chi connectivity index (χ0) is 13.4. The van der Waals surface area contributed by atoms with E-state index in [4.69, 9.17) is 9.47 Å². The summed E-state index contributed by atoms with van der Waals surface area (Å²) in [5.41, 5.74) is 0.541. The number of unbranched alkanes of at least 4 members (excludes halogenated alkanes) is 1. The zero-order valence-corrected chi connectivity index (χ0v) is 10.6. The fourth-order valence-corrected chi connectivity index (χ4v) is 1.54. The van der Waals surface area contributed by atoms with Crippen molar-refractivity contribution >= 4 is 11.4 Å². The quantitative estimate of drug-likeness (QED) is 0.438. The van der Waals surface area contributed by atoms with Crippen molar-refractivity contribution < 1.29 is 14.4 Å². The lowest BCUT2D eigenvalue weighted by atomic mass is 10.2. The second-order valence-corrected chi connectivity index (χ2v) is 3.77. The number of hydrogen-bond donors (Lipinski definition) is 1. The highest BCUT2D eigenvalue weighted by Gasteiger charge is 2.13. The molecule has 0 bridgehead atoms. The van der Waals surface area contributed by atoms with E-state index in [2.05, 4.69) is 5.32 Å². The molecule has 0 saturated heterocycles. The van der Waals surface area contributed by atoms with Crippen LogP contribution in [0.4, 0.5) is 11.4 Å². The molecule has 0 heterocycles. The molecule has 100 valence electrons. The van der Waals surface area contributed by atoms with Crippen LogP contribution in [0, 0.1) is 10.1 Å². The lowest BCUT2D eigenvalue weighted by Crippen LogP contribution is -2.05. The van der Waals surface area contributed by atoms with Crippen molar-refractivity contribution in [1.29, 1.82) is 0 Å². The number of nitro benzene ring substituents is 1. The van der Waals surface area contributed by atoms with E-state index in [9.17, 15) is 10.1 Å². The molecule has 0 aliphatic rings. The number of anilines is 1. The predicted octanol–water partition coefficient (Wildman–Crippen LogP) is 2.44. The highest BCUT2D eigenvalue weighted by molar-refractivity contribution is 5.64. The second kappa shape index (κ2) is 7.50. The van der Waals surface area contributed by atoms with Crippen molar-refractivity contribution in [3.63, 3.8) is 0 Å². The Morgan fingerprint density at radius 1 is 1.33 bits per heavy atom. The fraction of sp³-hybridized carbons (Fsp3) is 0.500. The lowest BCUT2D eigenvalue weighted by Gasteiger charge is -2.08. The van der Waals surface area contributed by atoms with Gasteiger partial charge >= 0.3 is 0 Å². The summed E-state index contributed by atoms with van der Waals surface area (Å²) in [7, 11) is 3.18. The standard InChI is InChI=1S/C12H18N2O4/c1-17-8-4-3-7-13-11-9-10(18-2)5-6-12(11)14(15)16/h5-6,9,13H,3-4,7-8H2,1-2H3. The fourth-order valence-electron chi connectivity index (χ4n) is 1.54. The number of nitrogens with one attached hydrogen (secondary N) is 1. The summed E-state index contributed by atoms with van der Waals surface area (Å²) in [6, 6.07) is 4.65. The van der Waals surface area contributed by atoms with Crippen LogP contribution in [0.15, 0.2) is 18.2 Å². The third-order valence-corrected chi connectivity index (χ3v) is 2.49. The molecule has 6 heteroatoms. The van der Waals surface area contributed by atoms with E-state index in [0.717, 1.165) is 12.8 Å². The van der Waals surface area contributed by atoms with Gasteiger partial charge in [-0.05, 0) is 18.9 Å². The summed E-state index contributed by atoms with van der Waals surface area (Å²) >= 11 is 0. The van der Waals surface area contributed by atoms with Crippen LogP contribution in [-0.4, -0.2) is 32.3 Å². The number of nitrogens with zero attached hydrogens (tertiary/aromatic N) is 1. The van der Waals surface area contributed by atoms with Crippen molar-refractivity contribution in [2.24, 2.45) is 0 Å². The van der Waals surface area contributed by atoms with Gasteiger partial charge < -0.3 is 14.8 Å². The van der Waals surface area contributed by atoms with Gasteiger partial charge in [0.05, 0.1) is 12.0 Å². The molecule has 0 amide bonds. The van der Waals surface area contributed by atoms with Crippen LogP contribution in [-0.2, 0) is 4.74 Å². The third-order valence-electron chi connectivity index (χ3n) is 2.49. The number of benzene rings is 1. The maximum absolute atomic E-state index is 10.9. The number of hydrogen-bond acceptors (Lipinski definition) is 5. The zero-order valence-electron chi connectivity index (χ0n) is 10.6. The van der Waals surface area contributed by atoms with Crippen molar-refractivity contribution in [2.45, 2.75) is 12.8 Å². The van der Waals surface area contributed by atoms with Gasteiger partial charge in [0.15, 0.2) is 0 Å². The Kier molecular flexibility index (Phi) is 5.93. The molecule has 0 aromatic heterocycles. The molecular formula is C12H18N2O4. The van der Waals surface area contributed by atoms with Gasteiger partial charge in [-0.25, -0.2) is 0 Å². The maximum Gasteiger partial charge on any atom is 0.292 e. The van der Waals surface area contributed by atoms with Gasteiger partial charge in [-0.3, -0.25) is 10.1 Å². The summed E-state index contributed by atoms with van der Waals surface area (Å²) < 4.78 is 9.99. The van der Waals surface area contributed by atoms with Crippen LogP contribution in [0.2, 0.25) is 0 Å². The van der Waals surface area contributed by atoms with E-state index in [1.54, 1.807) is 19.2 Å². The summed E-state index contributed by atoms with van der Waals surface area (Å²) in [6.45, 7) is 1.36. The van der Waals surface area contributed by atoms with E-state index in [1.807, 2.05) is 0 Å². The molecule has 1 aromatic carbocycles. The Morgan fingerprint density at radius 3 is 2.72 bits per heavy atom. The Bertz CT molecular complexity index is 396. The van der Waals surface area contributed by atoms with Crippen LogP contribution < -0.4 is 10.1 Å². The normalized spacial score (nSPS) is 10.1. The largest absolute Gasteiger partial charge is 0.497 e. The summed E-state index contributed by atoms with van der Waals surface area (Å²) in [6.07, 6.45) is 1.81. The Morgan fingerprint density at radius 2 is 2.11 bits per heavy atom. The molecule has 1 N–H and O–H groups in total. The van der Waals surface area contributed by atoms with Gasteiger partial charge in [0, 0.05) is 32.4 Å². The van der Waals surface area contributed by atoms with E-state index in [-0.39, 0.29) is 5.69 Å². The molecule has 1 aromatic rings. The number of methoxy groups -OCH3 is 2. The maximum atomic E-state index is 10.9. The summed E-state index contributed by atoms with van der Waals surface area (Å²) in [4.78, 5) is 10.5. The van der Waals surface area contributed by atoms with Crippen LogP contribution in [0.3, 0.4) is 0 Å². The van der Waals surface area contributed by atoms with Gasteiger partial charge in [0.2, 0.25) is 0 Å². The molecule has 0 radical (unpaired) electrons. The SMILES string of the molecule is COCCCCNc1cc(OC)ccc1[N+](=O)[O-]. The first-order valence-electron chi connectivity index (χ1n) is 5.74. The Balaban J connectivity index is 2.63. The first-order valence-corrected chi connectivity index (χ1v) is 5.74. The minimum atomic E-state index is -0.406. The van der Waals surface area contributed by atoms with Crippen molar-refractivity contribution in [2.75, 3.05) is 32.7 Å². The average molecular weight is 254 g/mol. The van der Waals surface area contributed by atoms with Crippen molar-refractivity contribution in [3.05, 3.63) is 28.3 Å². The van der Waals surface area contributed by atoms with Gasteiger partial charge in [0.25, 0.3) is 5.69 Å². The summed E-state index contributed by atoms with van der Waals surface area (Å²) in [5.74, 6) is 0.597. The van der Waals surface area contributed by atoms with Crippen LogP contribution >= 0.6 is 0 Å².